The molecule has 0 saturated heterocycles. The van der Waals surface area contributed by atoms with Crippen LogP contribution in [0.25, 0.3) is 0 Å². The first kappa shape index (κ1) is 15.8. The van der Waals surface area contributed by atoms with Gasteiger partial charge in [-0.05, 0) is 24.6 Å². The predicted molar refractivity (Wildman–Crippen MR) is 82.6 cm³/mol. The van der Waals surface area contributed by atoms with Crippen LogP contribution in [0.5, 0.6) is 11.5 Å². The predicted octanol–water partition coefficient (Wildman–Crippen LogP) is 2.38. The molecule has 0 unspecified atom stereocenters. The number of fused-ring (bicyclic) bond motifs is 1. The largest absolute Gasteiger partial charge is 0.486 e. The molecule has 3 rings (SSSR count). The zero-order valence-corrected chi connectivity index (χ0v) is 13.3. The van der Waals surface area contributed by atoms with Gasteiger partial charge in [0.15, 0.2) is 11.5 Å². The number of halogens is 1. The number of nitrogens with one attached hydrogen (secondary N) is 1. The summed E-state index contributed by atoms with van der Waals surface area (Å²) in [7, 11) is -3.79. The van der Waals surface area contributed by atoms with Crippen molar-refractivity contribution in [3.8, 4) is 11.5 Å². The van der Waals surface area contributed by atoms with Gasteiger partial charge in [0.1, 0.15) is 19.0 Å². The highest BCUT2D eigenvalue weighted by molar-refractivity contribution is 7.89. The van der Waals surface area contributed by atoms with Gasteiger partial charge in [0.2, 0.25) is 10.0 Å². The van der Waals surface area contributed by atoms with E-state index in [9.17, 15) is 12.8 Å². The van der Waals surface area contributed by atoms with Crippen molar-refractivity contribution in [1.29, 1.82) is 0 Å². The normalized spacial score (nSPS) is 13.8. The molecule has 0 spiro atoms. The van der Waals surface area contributed by atoms with Crippen LogP contribution in [0.1, 0.15) is 11.1 Å². The highest BCUT2D eigenvalue weighted by atomic mass is 32.2. The maximum atomic E-state index is 13.6. The van der Waals surface area contributed by atoms with Gasteiger partial charge in [-0.25, -0.2) is 17.5 Å². The second kappa shape index (κ2) is 6.17. The highest BCUT2D eigenvalue weighted by Crippen LogP contribution is 2.34. The van der Waals surface area contributed by atoms with Gasteiger partial charge in [0, 0.05) is 18.2 Å². The molecule has 0 bridgehead atoms. The van der Waals surface area contributed by atoms with Crippen LogP contribution in [0.3, 0.4) is 0 Å². The Morgan fingerprint density at radius 3 is 2.48 bits per heavy atom. The summed E-state index contributed by atoms with van der Waals surface area (Å²) in [5.41, 5.74) is 0.821. The molecule has 0 aromatic heterocycles. The molecule has 0 atom stereocenters. The zero-order valence-electron chi connectivity index (χ0n) is 12.5. The molecule has 2 aromatic rings. The summed E-state index contributed by atoms with van der Waals surface area (Å²) in [6, 6.07) is 9.10. The van der Waals surface area contributed by atoms with Crippen LogP contribution in [-0.2, 0) is 16.6 Å². The van der Waals surface area contributed by atoms with Gasteiger partial charge >= 0.3 is 0 Å². The van der Waals surface area contributed by atoms with Gasteiger partial charge in [-0.3, -0.25) is 0 Å². The monoisotopic (exact) mass is 337 g/mol. The Kier molecular flexibility index (Phi) is 4.23. The Morgan fingerprint density at radius 2 is 1.78 bits per heavy atom. The lowest BCUT2D eigenvalue weighted by Crippen LogP contribution is -2.25. The van der Waals surface area contributed by atoms with E-state index in [4.69, 9.17) is 9.47 Å². The van der Waals surface area contributed by atoms with Gasteiger partial charge in [-0.2, -0.15) is 0 Å². The first-order valence-electron chi connectivity index (χ1n) is 7.11. The van der Waals surface area contributed by atoms with E-state index >= 15 is 0 Å². The average molecular weight is 337 g/mol. The molecule has 0 fully saturated rings. The van der Waals surface area contributed by atoms with E-state index in [1.165, 1.54) is 18.2 Å². The summed E-state index contributed by atoms with van der Waals surface area (Å²) in [5.74, 6) is 0.476. The Bertz CT molecular complexity index is 836. The minimum absolute atomic E-state index is 0.0955. The van der Waals surface area contributed by atoms with Crippen molar-refractivity contribution in [2.45, 2.75) is 18.4 Å². The highest BCUT2D eigenvalue weighted by Gasteiger charge is 2.22. The lowest BCUT2D eigenvalue weighted by molar-refractivity contribution is 0.171. The third-order valence-corrected chi connectivity index (χ3v) is 5.08. The van der Waals surface area contributed by atoms with Crippen LogP contribution in [-0.4, -0.2) is 21.6 Å². The summed E-state index contributed by atoms with van der Waals surface area (Å²) in [6.07, 6.45) is 0. The molecule has 0 amide bonds. The average Bonchev–Trinajstić information content (AvgIpc) is 2.53. The van der Waals surface area contributed by atoms with Gasteiger partial charge in [0.05, 0.1) is 4.90 Å². The summed E-state index contributed by atoms with van der Waals surface area (Å²) in [4.78, 5) is 0.0955. The lowest BCUT2D eigenvalue weighted by Gasteiger charge is -2.20. The van der Waals surface area contributed by atoms with E-state index in [2.05, 4.69) is 4.72 Å². The standard InChI is InChI=1S/C16H16FNO4S/c1-11-8-14-15(22-7-6-21-14)9-16(11)23(19,20)18-10-12-4-2-3-5-13(12)17/h2-5,8-9,18H,6-7,10H2,1H3. The molecular weight excluding hydrogens is 321 g/mol. The topological polar surface area (TPSA) is 64.6 Å². The van der Waals surface area contributed by atoms with Crippen LogP contribution in [0, 0.1) is 12.7 Å². The zero-order chi connectivity index (χ0) is 16.4. The summed E-state index contributed by atoms with van der Waals surface area (Å²) < 4.78 is 51.8. The van der Waals surface area contributed by atoms with Gasteiger partial charge in [0.25, 0.3) is 0 Å². The third kappa shape index (κ3) is 3.30. The molecule has 1 aliphatic rings. The van der Waals surface area contributed by atoms with E-state index in [1.807, 2.05) is 0 Å². The first-order valence-corrected chi connectivity index (χ1v) is 8.59. The minimum atomic E-state index is -3.79. The van der Waals surface area contributed by atoms with E-state index in [-0.39, 0.29) is 17.0 Å². The van der Waals surface area contributed by atoms with Gasteiger partial charge in [-0.1, -0.05) is 18.2 Å². The molecule has 122 valence electrons. The van der Waals surface area contributed by atoms with Crippen molar-refractivity contribution in [2.75, 3.05) is 13.2 Å². The van der Waals surface area contributed by atoms with Crippen LogP contribution >= 0.6 is 0 Å². The van der Waals surface area contributed by atoms with Crippen LogP contribution < -0.4 is 14.2 Å². The molecule has 7 heteroatoms. The Hall–Kier alpha value is -2.12. The fraction of sp³-hybridized carbons (Fsp3) is 0.250. The summed E-state index contributed by atoms with van der Waals surface area (Å²) in [5, 5.41) is 0. The number of hydrogen-bond acceptors (Lipinski definition) is 4. The number of benzene rings is 2. The van der Waals surface area contributed by atoms with E-state index in [0.717, 1.165) is 0 Å². The van der Waals surface area contributed by atoms with Gasteiger partial charge in [-0.15, -0.1) is 0 Å². The van der Waals surface area contributed by atoms with Crippen molar-refractivity contribution in [2.24, 2.45) is 0 Å². The van der Waals surface area contributed by atoms with E-state index in [0.29, 0.717) is 30.3 Å². The number of sulfonamides is 1. The van der Waals surface area contributed by atoms with E-state index in [1.54, 1.807) is 25.1 Å². The summed E-state index contributed by atoms with van der Waals surface area (Å²) >= 11 is 0. The molecule has 1 N–H and O–H groups in total. The molecule has 0 radical (unpaired) electrons. The number of aryl methyl sites for hydroxylation is 1. The van der Waals surface area contributed by atoms with Crippen molar-refractivity contribution in [1.82, 2.24) is 4.72 Å². The van der Waals surface area contributed by atoms with Crippen molar-refractivity contribution < 1.29 is 22.3 Å². The molecule has 23 heavy (non-hydrogen) atoms. The fourth-order valence-electron chi connectivity index (χ4n) is 2.35. The second-order valence-corrected chi connectivity index (χ2v) is 6.91. The molecule has 1 aliphatic heterocycles. The van der Waals surface area contributed by atoms with Crippen molar-refractivity contribution >= 4 is 10.0 Å². The molecule has 2 aromatic carbocycles. The number of ether oxygens (including phenoxy) is 2. The van der Waals surface area contributed by atoms with Crippen molar-refractivity contribution in [3.05, 3.63) is 53.3 Å². The maximum Gasteiger partial charge on any atom is 0.241 e. The van der Waals surface area contributed by atoms with E-state index < -0.39 is 15.8 Å². The number of hydrogen-bond donors (Lipinski definition) is 1. The molecule has 0 aliphatic carbocycles. The molecule has 1 heterocycles. The van der Waals surface area contributed by atoms with Gasteiger partial charge < -0.3 is 9.47 Å². The fourth-order valence-corrected chi connectivity index (χ4v) is 3.60. The van der Waals surface area contributed by atoms with Crippen LogP contribution in [0.15, 0.2) is 41.3 Å². The summed E-state index contributed by atoms with van der Waals surface area (Å²) in [6.45, 7) is 2.36. The smallest absolute Gasteiger partial charge is 0.241 e. The first-order chi connectivity index (χ1) is 11.0. The second-order valence-electron chi connectivity index (χ2n) is 5.18. The molecule has 5 nitrogen and oxygen atoms in total. The Labute approximate surface area is 134 Å². The minimum Gasteiger partial charge on any atom is -0.486 e. The molecule has 0 saturated carbocycles. The maximum absolute atomic E-state index is 13.6. The lowest BCUT2D eigenvalue weighted by atomic mass is 10.2. The molecular formula is C16H16FNO4S. The SMILES string of the molecule is Cc1cc2c(cc1S(=O)(=O)NCc1ccccc1F)OCCO2. The Morgan fingerprint density at radius 1 is 1.13 bits per heavy atom. The third-order valence-electron chi connectivity index (χ3n) is 3.54. The van der Waals surface area contributed by atoms with Crippen LogP contribution in [0.2, 0.25) is 0 Å². The van der Waals surface area contributed by atoms with Crippen molar-refractivity contribution in [3.63, 3.8) is 0 Å². The van der Waals surface area contributed by atoms with Crippen LogP contribution in [0.4, 0.5) is 4.39 Å². The Balaban J connectivity index is 1.86. The quantitative estimate of drug-likeness (QED) is 0.930. The number of rotatable bonds is 4.